The second-order valence-corrected chi connectivity index (χ2v) is 6.83. The quantitative estimate of drug-likeness (QED) is 0.880. The molecule has 1 aliphatic heterocycles. The van der Waals surface area contributed by atoms with E-state index in [-0.39, 0.29) is 11.8 Å². The summed E-state index contributed by atoms with van der Waals surface area (Å²) in [5.74, 6) is -0.0712. The number of aromatic nitrogens is 1. The molecule has 0 aliphatic carbocycles. The molecule has 2 heterocycles. The van der Waals surface area contributed by atoms with Crippen molar-refractivity contribution in [2.24, 2.45) is 0 Å². The summed E-state index contributed by atoms with van der Waals surface area (Å²) in [7, 11) is 0. The Kier molecular flexibility index (Phi) is 5.25. The van der Waals surface area contributed by atoms with Crippen molar-refractivity contribution in [2.75, 3.05) is 11.9 Å². The van der Waals surface area contributed by atoms with Crippen molar-refractivity contribution in [1.29, 1.82) is 0 Å². The number of amides is 2. The summed E-state index contributed by atoms with van der Waals surface area (Å²) >= 11 is 12.1. The summed E-state index contributed by atoms with van der Waals surface area (Å²) in [6, 6.07) is 7.79. The molecular formula is C18H17Cl2N3O2. The Morgan fingerprint density at radius 3 is 2.76 bits per heavy atom. The van der Waals surface area contributed by atoms with Crippen LogP contribution in [-0.2, 0) is 4.79 Å². The van der Waals surface area contributed by atoms with Crippen LogP contribution in [-0.4, -0.2) is 34.3 Å². The predicted octanol–water partition coefficient (Wildman–Crippen LogP) is 3.94. The molecule has 1 N–H and O–H groups in total. The van der Waals surface area contributed by atoms with Gasteiger partial charge in [-0.2, -0.15) is 0 Å². The van der Waals surface area contributed by atoms with Crippen LogP contribution in [0.1, 0.15) is 28.8 Å². The number of rotatable bonds is 3. The van der Waals surface area contributed by atoms with Crippen LogP contribution >= 0.6 is 23.2 Å². The van der Waals surface area contributed by atoms with Gasteiger partial charge in [0.05, 0.1) is 10.6 Å². The number of hydrogen-bond donors (Lipinski definition) is 1. The Labute approximate surface area is 155 Å². The lowest BCUT2D eigenvalue weighted by molar-refractivity contribution is -0.119. The molecule has 0 saturated carbocycles. The molecule has 2 amide bonds. The van der Waals surface area contributed by atoms with E-state index in [0.717, 1.165) is 12.0 Å². The van der Waals surface area contributed by atoms with Gasteiger partial charge in [-0.25, -0.2) is 4.98 Å². The van der Waals surface area contributed by atoms with E-state index >= 15 is 0 Å². The standard InChI is InChI=1S/C18H17Cl2N3O2/c1-11-4-7-16(21-10-11)22-17(24)15-3-2-8-23(15)18(25)13-9-12(19)5-6-14(13)20/h4-7,9-10,15H,2-3,8H2,1H3,(H,21,22,24). The summed E-state index contributed by atoms with van der Waals surface area (Å²) in [5, 5.41) is 3.52. The number of carbonyl (C=O) groups excluding carboxylic acids is 2. The molecule has 3 rings (SSSR count). The van der Waals surface area contributed by atoms with Crippen LogP contribution in [0.15, 0.2) is 36.5 Å². The van der Waals surface area contributed by atoms with Gasteiger partial charge in [-0.3, -0.25) is 9.59 Å². The van der Waals surface area contributed by atoms with Crippen LogP contribution in [0.5, 0.6) is 0 Å². The zero-order valence-corrected chi connectivity index (χ0v) is 15.1. The number of benzene rings is 1. The average Bonchev–Trinajstić information content (AvgIpc) is 3.08. The molecule has 0 spiro atoms. The molecule has 1 fully saturated rings. The minimum Gasteiger partial charge on any atom is -0.327 e. The summed E-state index contributed by atoms with van der Waals surface area (Å²) in [6.07, 6.45) is 3.03. The van der Waals surface area contributed by atoms with Crippen molar-refractivity contribution < 1.29 is 9.59 Å². The lowest BCUT2D eigenvalue weighted by atomic mass is 10.1. The minimum absolute atomic E-state index is 0.250. The Morgan fingerprint density at radius 1 is 1.24 bits per heavy atom. The molecule has 1 atom stereocenters. The number of nitrogens with zero attached hydrogens (tertiary/aromatic N) is 2. The van der Waals surface area contributed by atoms with Gasteiger partial charge >= 0.3 is 0 Å². The van der Waals surface area contributed by atoms with Gasteiger partial charge in [0.1, 0.15) is 11.9 Å². The highest BCUT2D eigenvalue weighted by atomic mass is 35.5. The molecule has 1 aromatic carbocycles. The van der Waals surface area contributed by atoms with Crippen LogP contribution in [0.4, 0.5) is 5.82 Å². The number of pyridine rings is 1. The van der Waals surface area contributed by atoms with Crippen LogP contribution in [0.2, 0.25) is 10.0 Å². The van der Waals surface area contributed by atoms with E-state index < -0.39 is 6.04 Å². The van der Waals surface area contributed by atoms with E-state index in [0.29, 0.717) is 34.4 Å². The Hall–Kier alpha value is -2.11. The normalized spacial score (nSPS) is 16.8. The van der Waals surface area contributed by atoms with Crippen LogP contribution in [0.3, 0.4) is 0 Å². The smallest absolute Gasteiger partial charge is 0.256 e. The molecule has 0 radical (unpaired) electrons. The van der Waals surface area contributed by atoms with Crippen LogP contribution in [0, 0.1) is 6.92 Å². The monoisotopic (exact) mass is 377 g/mol. The first-order valence-electron chi connectivity index (χ1n) is 7.95. The van der Waals surface area contributed by atoms with Crippen LogP contribution < -0.4 is 5.32 Å². The maximum Gasteiger partial charge on any atom is 0.256 e. The van der Waals surface area contributed by atoms with Gasteiger partial charge in [0.15, 0.2) is 0 Å². The maximum absolute atomic E-state index is 12.8. The van der Waals surface area contributed by atoms with Crippen molar-refractivity contribution in [3.8, 4) is 0 Å². The molecule has 5 nitrogen and oxygen atoms in total. The van der Waals surface area contributed by atoms with Crippen molar-refractivity contribution >= 4 is 40.8 Å². The zero-order chi connectivity index (χ0) is 18.0. The van der Waals surface area contributed by atoms with Gasteiger partial charge in [-0.05, 0) is 49.6 Å². The van der Waals surface area contributed by atoms with Gasteiger partial charge in [-0.1, -0.05) is 29.3 Å². The first kappa shape index (κ1) is 17.7. The van der Waals surface area contributed by atoms with Crippen LogP contribution in [0.25, 0.3) is 0 Å². The van der Waals surface area contributed by atoms with E-state index in [2.05, 4.69) is 10.3 Å². The third kappa shape index (κ3) is 3.94. The number of carbonyl (C=O) groups is 2. The third-order valence-electron chi connectivity index (χ3n) is 4.14. The molecule has 1 aromatic heterocycles. The van der Waals surface area contributed by atoms with Gasteiger partial charge in [0.25, 0.3) is 5.91 Å². The molecule has 130 valence electrons. The highest BCUT2D eigenvalue weighted by Crippen LogP contribution is 2.26. The maximum atomic E-state index is 12.8. The number of halogens is 2. The van der Waals surface area contributed by atoms with Gasteiger partial charge < -0.3 is 10.2 Å². The second-order valence-electron chi connectivity index (χ2n) is 5.99. The number of aryl methyl sites for hydroxylation is 1. The van der Waals surface area contributed by atoms with Crippen molar-refractivity contribution in [3.63, 3.8) is 0 Å². The SMILES string of the molecule is Cc1ccc(NC(=O)C2CCCN2C(=O)c2cc(Cl)ccc2Cl)nc1. The molecule has 1 saturated heterocycles. The fraction of sp³-hybridized carbons (Fsp3) is 0.278. The van der Waals surface area contributed by atoms with E-state index in [1.165, 1.54) is 6.07 Å². The van der Waals surface area contributed by atoms with Gasteiger partial charge in [0.2, 0.25) is 5.91 Å². The highest BCUT2D eigenvalue weighted by Gasteiger charge is 2.35. The number of likely N-dealkylation sites (tertiary alicyclic amines) is 1. The predicted molar refractivity (Wildman–Crippen MR) is 98.1 cm³/mol. The molecule has 1 unspecified atom stereocenters. The minimum atomic E-state index is -0.550. The van der Waals surface area contributed by atoms with Gasteiger partial charge in [0, 0.05) is 17.8 Å². The summed E-state index contributed by atoms with van der Waals surface area (Å²) in [5.41, 5.74) is 1.31. The largest absolute Gasteiger partial charge is 0.327 e. The number of anilines is 1. The Morgan fingerprint density at radius 2 is 2.04 bits per heavy atom. The van der Waals surface area contributed by atoms with E-state index in [1.54, 1.807) is 29.3 Å². The van der Waals surface area contributed by atoms with Crippen molar-refractivity contribution in [2.45, 2.75) is 25.8 Å². The summed E-state index contributed by atoms with van der Waals surface area (Å²) in [4.78, 5) is 31.1. The Balaban J connectivity index is 1.77. The molecule has 1 aliphatic rings. The lowest BCUT2D eigenvalue weighted by Crippen LogP contribution is -2.43. The molecule has 0 bridgehead atoms. The lowest BCUT2D eigenvalue weighted by Gasteiger charge is -2.24. The first-order chi connectivity index (χ1) is 12.0. The molecule has 25 heavy (non-hydrogen) atoms. The van der Waals surface area contributed by atoms with Gasteiger partial charge in [-0.15, -0.1) is 0 Å². The number of hydrogen-bond acceptors (Lipinski definition) is 3. The van der Waals surface area contributed by atoms with Crippen molar-refractivity contribution in [1.82, 2.24) is 9.88 Å². The van der Waals surface area contributed by atoms with Crippen molar-refractivity contribution in [3.05, 3.63) is 57.7 Å². The number of nitrogens with one attached hydrogen (secondary N) is 1. The topological polar surface area (TPSA) is 62.3 Å². The third-order valence-corrected chi connectivity index (χ3v) is 4.70. The Bertz CT molecular complexity index is 808. The molecule has 7 heteroatoms. The molecular weight excluding hydrogens is 361 g/mol. The summed E-state index contributed by atoms with van der Waals surface area (Å²) in [6.45, 7) is 2.42. The van der Waals surface area contributed by atoms with E-state index in [1.807, 2.05) is 13.0 Å². The fourth-order valence-corrected chi connectivity index (χ4v) is 3.22. The summed E-state index contributed by atoms with van der Waals surface area (Å²) < 4.78 is 0. The fourth-order valence-electron chi connectivity index (χ4n) is 2.85. The highest BCUT2D eigenvalue weighted by molar-refractivity contribution is 6.35. The zero-order valence-electron chi connectivity index (χ0n) is 13.6. The second kappa shape index (κ2) is 7.42. The van der Waals surface area contributed by atoms with E-state index in [4.69, 9.17) is 23.2 Å². The average molecular weight is 378 g/mol. The van der Waals surface area contributed by atoms with E-state index in [9.17, 15) is 9.59 Å². The molecule has 2 aromatic rings. The first-order valence-corrected chi connectivity index (χ1v) is 8.71.